The molecule has 2 aliphatic heterocycles. The lowest BCUT2D eigenvalue weighted by atomic mass is 10.0. The lowest BCUT2D eigenvalue weighted by Gasteiger charge is -2.30. The third-order valence-corrected chi connectivity index (χ3v) is 7.68. The lowest BCUT2D eigenvalue weighted by Crippen LogP contribution is -2.40. The molecule has 0 radical (unpaired) electrons. The van der Waals surface area contributed by atoms with Crippen molar-refractivity contribution in [3.05, 3.63) is 18.2 Å². The normalized spacial score (nSPS) is 21.7. The Balaban J connectivity index is 1.79. The second-order valence-corrected chi connectivity index (χ2v) is 10.5. The highest BCUT2D eigenvalue weighted by molar-refractivity contribution is 7.89. The van der Waals surface area contributed by atoms with E-state index in [2.05, 4.69) is 17.1 Å². The van der Waals surface area contributed by atoms with Crippen LogP contribution in [0.2, 0.25) is 0 Å². The number of nitrogens with zero attached hydrogens (tertiary/aromatic N) is 3. The zero-order valence-electron chi connectivity index (χ0n) is 17.9. The average Bonchev–Trinajstić information content (AvgIpc) is 2.68. The van der Waals surface area contributed by atoms with Crippen molar-refractivity contribution in [1.82, 2.24) is 9.21 Å². The molecule has 29 heavy (non-hydrogen) atoms. The fourth-order valence-electron chi connectivity index (χ4n) is 4.24. The molecular weight excluding hydrogens is 388 g/mol. The maximum Gasteiger partial charge on any atom is 0.243 e. The molecule has 0 unspecified atom stereocenters. The summed E-state index contributed by atoms with van der Waals surface area (Å²) in [7, 11) is 0.226. The van der Waals surface area contributed by atoms with E-state index in [-0.39, 0.29) is 10.8 Å². The SMILES string of the molecule is C[C@H]1CCCN(CC(=O)Nc2cc(S(=O)(=O)N3CCCCC3)ccc2N(C)C)C1. The van der Waals surface area contributed by atoms with Gasteiger partial charge in [-0.1, -0.05) is 13.3 Å². The van der Waals surface area contributed by atoms with Gasteiger partial charge in [0.2, 0.25) is 15.9 Å². The maximum atomic E-state index is 13.1. The van der Waals surface area contributed by atoms with Gasteiger partial charge < -0.3 is 10.2 Å². The Morgan fingerprint density at radius 3 is 2.52 bits per heavy atom. The molecule has 0 saturated carbocycles. The van der Waals surface area contributed by atoms with Crippen molar-refractivity contribution in [2.45, 2.75) is 43.9 Å². The van der Waals surface area contributed by atoms with Gasteiger partial charge in [-0.2, -0.15) is 4.31 Å². The van der Waals surface area contributed by atoms with Gasteiger partial charge in [0.25, 0.3) is 0 Å². The van der Waals surface area contributed by atoms with Gasteiger partial charge in [-0.3, -0.25) is 9.69 Å². The minimum absolute atomic E-state index is 0.102. The highest BCUT2D eigenvalue weighted by Gasteiger charge is 2.27. The van der Waals surface area contributed by atoms with E-state index in [1.807, 2.05) is 19.0 Å². The van der Waals surface area contributed by atoms with Crippen molar-refractivity contribution in [2.24, 2.45) is 5.92 Å². The van der Waals surface area contributed by atoms with Crippen molar-refractivity contribution in [3.8, 4) is 0 Å². The molecule has 0 aliphatic carbocycles. The number of piperidine rings is 2. The highest BCUT2D eigenvalue weighted by atomic mass is 32.2. The number of hydrogen-bond donors (Lipinski definition) is 1. The fraction of sp³-hybridized carbons (Fsp3) is 0.667. The second-order valence-electron chi connectivity index (χ2n) is 8.57. The average molecular weight is 423 g/mol. The van der Waals surface area contributed by atoms with Crippen LogP contribution in [0.4, 0.5) is 11.4 Å². The summed E-state index contributed by atoms with van der Waals surface area (Å²) in [6, 6.07) is 5.02. The molecule has 1 aromatic rings. The predicted molar refractivity (Wildman–Crippen MR) is 117 cm³/mol. The Morgan fingerprint density at radius 1 is 1.14 bits per heavy atom. The van der Waals surface area contributed by atoms with Crippen LogP contribution >= 0.6 is 0 Å². The summed E-state index contributed by atoms with van der Waals surface area (Å²) in [5.41, 5.74) is 1.34. The number of amides is 1. The Morgan fingerprint density at radius 2 is 1.86 bits per heavy atom. The lowest BCUT2D eigenvalue weighted by molar-refractivity contribution is -0.117. The number of rotatable bonds is 6. The molecule has 0 bridgehead atoms. The van der Waals surface area contributed by atoms with E-state index in [0.29, 0.717) is 31.2 Å². The third-order valence-electron chi connectivity index (χ3n) is 5.79. The molecule has 2 fully saturated rings. The van der Waals surface area contributed by atoms with E-state index in [0.717, 1.165) is 44.5 Å². The minimum atomic E-state index is -3.54. The summed E-state index contributed by atoms with van der Waals surface area (Å²) in [4.78, 5) is 17.0. The zero-order valence-corrected chi connectivity index (χ0v) is 18.7. The van der Waals surface area contributed by atoms with Crippen LogP contribution < -0.4 is 10.2 Å². The summed E-state index contributed by atoms with van der Waals surface area (Å²) in [5, 5.41) is 2.96. The number of anilines is 2. The van der Waals surface area contributed by atoms with Crippen LogP contribution in [0, 0.1) is 5.92 Å². The Bertz CT molecular complexity index is 819. The van der Waals surface area contributed by atoms with Gasteiger partial charge in [-0.25, -0.2) is 8.42 Å². The summed E-state index contributed by atoms with van der Waals surface area (Å²) >= 11 is 0. The van der Waals surface area contributed by atoms with Gasteiger partial charge in [0, 0.05) is 33.7 Å². The number of carbonyl (C=O) groups excluding carboxylic acids is 1. The molecule has 2 heterocycles. The van der Waals surface area contributed by atoms with Crippen molar-refractivity contribution >= 4 is 27.3 Å². The largest absolute Gasteiger partial charge is 0.376 e. The van der Waals surface area contributed by atoms with Gasteiger partial charge in [-0.15, -0.1) is 0 Å². The molecule has 0 spiro atoms. The Hall–Kier alpha value is -1.64. The van der Waals surface area contributed by atoms with E-state index in [4.69, 9.17) is 0 Å². The monoisotopic (exact) mass is 422 g/mol. The van der Waals surface area contributed by atoms with E-state index in [1.165, 1.54) is 6.42 Å². The summed E-state index contributed by atoms with van der Waals surface area (Å²) < 4.78 is 27.7. The number of sulfonamides is 1. The van der Waals surface area contributed by atoms with Crippen LogP contribution in [-0.4, -0.2) is 70.3 Å². The van der Waals surface area contributed by atoms with Crippen LogP contribution in [-0.2, 0) is 14.8 Å². The first-order chi connectivity index (χ1) is 13.8. The van der Waals surface area contributed by atoms with E-state index < -0.39 is 10.0 Å². The molecular formula is C21H34N4O3S. The summed E-state index contributed by atoms with van der Waals surface area (Å²) in [6.07, 6.45) is 5.18. The first-order valence-corrected chi connectivity index (χ1v) is 12.0. The van der Waals surface area contributed by atoms with Crippen molar-refractivity contribution in [3.63, 3.8) is 0 Å². The first-order valence-electron chi connectivity index (χ1n) is 10.6. The highest BCUT2D eigenvalue weighted by Crippen LogP contribution is 2.30. The van der Waals surface area contributed by atoms with E-state index >= 15 is 0 Å². The van der Waals surface area contributed by atoms with Gasteiger partial charge in [0.1, 0.15) is 0 Å². The zero-order chi connectivity index (χ0) is 21.0. The summed E-state index contributed by atoms with van der Waals surface area (Å²) in [5.74, 6) is 0.502. The van der Waals surface area contributed by atoms with Crippen LogP contribution in [0.1, 0.15) is 39.0 Å². The van der Waals surface area contributed by atoms with E-state index in [1.54, 1.807) is 22.5 Å². The van der Waals surface area contributed by atoms with Gasteiger partial charge in [0.05, 0.1) is 22.8 Å². The molecule has 2 saturated heterocycles. The van der Waals surface area contributed by atoms with E-state index in [9.17, 15) is 13.2 Å². The van der Waals surface area contributed by atoms with Crippen LogP contribution in [0.15, 0.2) is 23.1 Å². The molecule has 1 amide bonds. The summed E-state index contributed by atoms with van der Waals surface area (Å²) in [6.45, 7) is 5.53. The van der Waals surface area contributed by atoms with Crippen LogP contribution in [0.25, 0.3) is 0 Å². The predicted octanol–water partition coefficient (Wildman–Crippen LogP) is 2.60. The second kappa shape index (κ2) is 9.45. The van der Waals surface area contributed by atoms with Gasteiger partial charge in [-0.05, 0) is 56.3 Å². The molecule has 8 heteroatoms. The van der Waals surface area contributed by atoms with Crippen molar-refractivity contribution in [1.29, 1.82) is 0 Å². The molecule has 1 aromatic carbocycles. The molecule has 2 aliphatic rings. The number of benzene rings is 1. The maximum absolute atomic E-state index is 13.1. The number of likely N-dealkylation sites (tertiary alicyclic amines) is 1. The van der Waals surface area contributed by atoms with Crippen LogP contribution in [0.3, 0.4) is 0 Å². The quantitative estimate of drug-likeness (QED) is 0.763. The number of carbonyl (C=O) groups is 1. The molecule has 162 valence electrons. The minimum Gasteiger partial charge on any atom is -0.376 e. The molecule has 7 nitrogen and oxygen atoms in total. The van der Waals surface area contributed by atoms with Crippen molar-refractivity contribution < 1.29 is 13.2 Å². The molecule has 1 N–H and O–H groups in total. The number of hydrogen-bond acceptors (Lipinski definition) is 5. The van der Waals surface area contributed by atoms with Crippen LogP contribution in [0.5, 0.6) is 0 Å². The fourth-order valence-corrected chi connectivity index (χ4v) is 5.79. The smallest absolute Gasteiger partial charge is 0.243 e. The Kier molecular flexibility index (Phi) is 7.19. The topological polar surface area (TPSA) is 73.0 Å². The number of nitrogens with one attached hydrogen (secondary N) is 1. The molecule has 3 rings (SSSR count). The first kappa shape index (κ1) is 22.1. The standard InChI is InChI=1S/C21H34N4O3S/c1-17-8-7-11-24(15-17)16-21(26)22-19-14-18(9-10-20(19)23(2)3)29(27,28)25-12-5-4-6-13-25/h9-10,14,17H,4-8,11-13,15-16H2,1-3H3,(H,22,26)/t17-/m0/s1. The van der Waals surface area contributed by atoms with Crippen molar-refractivity contribution in [2.75, 3.05) is 57.0 Å². The molecule has 1 atom stereocenters. The third kappa shape index (κ3) is 5.49. The molecule has 0 aromatic heterocycles. The Labute approximate surface area is 175 Å². The van der Waals surface area contributed by atoms with Gasteiger partial charge >= 0.3 is 0 Å². The van der Waals surface area contributed by atoms with Gasteiger partial charge in [0.15, 0.2) is 0 Å².